The van der Waals surface area contributed by atoms with Crippen molar-refractivity contribution in [3.63, 3.8) is 0 Å². The van der Waals surface area contributed by atoms with Crippen molar-refractivity contribution in [3.8, 4) is 0 Å². The number of aliphatic carboxylic acids is 1. The van der Waals surface area contributed by atoms with Crippen LogP contribution in [-0.4, -0.2) is 21.8 Å². The minimum Gasteiger partial charge on any atom is -0.480 e. The van der Waals surface area contributed by atoms with Crippen molar-refractivity contribution >= 4 is 22.7 Å². The Hall–Kier alpha value is -3.01. The summed E-state index contributed by atoms with van der Waals surface area (Å²) in [7, 11) is 0. The largest absolute Gasteiger partial charge is 0.480 e. The van der Waals surface area contributed by atoms with Gasteiger partial charge < -0.3 is 5.11 Å². The van der Waals surface area contributed by atoms with E-state index in [9.17, 15) is 14.7 Å². The smallest absolute Gasteiger partial charge is 0.320 e. The molecule has 1 N–H and O–H groups in total. The lowest BCUT2D eigenvalue weighted by molar-refractivity contribution is -0.137. The van der Waals surface area contributed by atoms with Gasteiger partial charge in [-0.1, -0.05) is 54.6 Å². The fourth-order valence-corrected chi connectivity index (χ4v) is 2.38. The average molecular weight is 291 g/mol. The van der Waals surface area contributed by atoms with Gasteiger partial charge in [-0.25, -0.2) is 0 Å². The number of para-hydroxylation sites is 1. The second kappa shape index (κ2) is 5.77. The highest BCUT2D eigenvalue weighted by molar-refractivity contribution is 6.12. The molecule has 3 aromatic rings. The topological polar surface area (TPSA) is 67.3 Å². The predicted molar refractivity (Wildman–Crippen MR) is 82.9 cm³/mol. The Kier molecular flexibility index (Phi) is 3.66. The van der Waals surface area contributed by atoms with Crippen LogP contribution in [0.15, 0.2) is 66.7 Å². The Bertz CT molecular complexity index is 843. The molecule has 1 aromatic heterocycles. The number of benzene rings is 2. The number of Topliss-reactive ketones (excluding diaryl/α,β-unsaturated/α-hetero) is 1. The van der Waals surface area contributed by atoms with Gasteiger partial charge in [0.2, 0.25) is 0 Å². The van der Waals surface area contributed by atoms with Crippen LogP contribution in [0.1, 0.15) is 22.0 Å². The second-order valence-electron chi connectivity index (χ2n) is 4.93. The molecule has 0 saturated carbocycles. The SMILES string of the molecule is O=C(O)C(C(=O)c1ccccc1)c1ccc2ccccc2n1. The van der Waals surface area contributed by atoms with Gasteiger partial charge in [0.25, 0.3) is 0 Å². The highest BCUT2D eigenvalue weighted by Gasteiger charge is 2.30. The zero-order valence-corrected chi connectivity index (χ0v) is 11.6. The maximum atomic E-state index is 12.5. The van der Waals surface area contributed by atoms with E-state index in [0.29, 0.717) is 11.1 Å². The summed E-state index contributed by atoms with van der Waals surface area (Å²) in [5.74, 6) is -2.96. The van der Waals surface area contributed by atoms with E-state index in [-0.39, 0.29) is 5.69 Å². The van der Waals surface area contributed by atoms with Crippen LogP contribution in [0.3, 0.4) is 0 Å². The van der Waals surface area contributed by atoms with Gasteiger partial charge in [-0.3, -0.25) is 14.6 Å². The lowest BCUT2D eigenvalue weighted by atomic mass is 9.94. The molecular formula is C18H13NO3. The number of fused-ring (bicyclic) bond motifs is 1. The van der Waals surface area contributed by atoms with Gasteiger partial charge in [-0.05, 0) is 12.1 Å². The number of pyridine rings is 1. The van der Waals surface area contributed by atoms with Gasteiger partial charge in [0.1, 0.15) is 0 Å². The highest BCUT2D eigenvalue weighted by Crippen LogP contribution is 2.22. The van der Waals surface area contributed by atoms with Crippen LogP contribution in [0.4, 0.5) is 0 Å². The fraction of sp³-hybridized carbons (Fsp3) is 0.0556. The highest BCUT2D eigenvalue weighted by atomic mass is 16.4. The van der Waals surface area contributed by atoms with Crippen molar-refractivity contribution in [1.82, 2.24) is 4.98 Å². The fourth-order valence-electron chi connectivity index (χ4n) is 2.38. The number of carboxylic acids is 1. The molecule has 4 heteroatoms. The number of ketones is 1. The van der Waals surface area contributed by atoms with Crippen LogP contribution in [0.5, 0.6) is 0 Å². The molecule has 1 heterocycles. The quantitative estimate of drug-likeness (QED) is 0.591. The molecule has 0 aliphatic carbocycles. The molecule has 0 amide bonds. The van der Waals surface area contributed by atoms with E-state index in [2.05, 4.69) is 4.98 Å². The first-order valence-corrected chi connectivity index (χ1v) is 6.84. The van der Waals surface area contributed by atoms with Crippen LogP contribution in [0, 0.1) is 0 Å². The molecule has 0 radical (unpaired) electrons. The molecule has 4 nitrogen and oxygen atoms in total. The number of hydrogen-bond acceptors (Lipinski definition) is 3. The first-order valence-electron chi connectivity index (χ1n) is 6.84. The van der Waals surface area contributed by atoms with Crippen molar-refractivity contribution in [2.45, 2.75) is 5.92 Å². The number of nitrogens with zero attached hydrogens (tertiary/aromatic N) is 1. The van der Waals surface area contributed by atoms with Crippen LogP contribution in [0.25, 0.3) is 10.9 Å². The van der Waals surface area contributed by atoms with Crippen LogP contribution < -0.4 is 0 Å². The summed E-state index contributed by atoms with van der Waals surface area (Å²) in [6.07, 6.45) is 0. The molecule has 22 heavy (non-hydrogen) atoms. The zero-order valence-electron chi connectivity index (χ0n) is 11.6. The number of carbonyl (C=O) groups excluding carboxylic acids is 1. The third-order valence-electron chi connectivity index (χ3n) is 3.48. The summed E-state index contributed by atoms with van der Waals surface area (Å²) in [4.78, 5) is 28.4. The number of rotatable bonds is 4. The number of hydrogen-bond donors (Lipinski definition) is 1. The molecule has 0 fully saturated rings. The van der Waals surface area contributed by atoms with E-state index in [0.717, 1.165) is 5.39 Å². The molecule has 0 aliphatic heterocycles. The molecule has 108 valence electrons. The Morgan fingerprint density at radius 2 is 1.55 bits per heavy atom. The van der Waals surface area contributed by atoms with Crippen molar-refractivity contribution in [2.24, 2.45) is 0 Å². The molecule has 0 spiro atoms. The molecule has 0 bridgehead atoms. The van der Waals surface area contributed by atoms with Gasteiger partial charge in [0, 0.05) is 10.9 Å². The van der Waals surface area contributed by atoms with Crippen LogP contribution in [0.2, 0.25) is 0 Å². The third kappa shape index (κ3) is 2.59. The first kappa shape index (κ1) is 13.9. The second-order valence-corrected chi connectivity index (χ2v) is 4.93. The summed E-state index contributed by atoms with van der Waals surface area (Å²) in [5, 5.41) is 10.4. The Labute approximate surface area is 127 Å². The minimum atomic E-state index is -1.30. The normalized spacial score (nSPS) is 12.0. The molecule has 3 rings (SSSR count). The van der Waals surface area contributed by atoms with Gasteiger partial charge in [-0.15, -0.1) is 0 Å². The lowest BCUT2D eigenvalue weighted by Gasteiger charge is -2.11. The monoisotopic (exact) mass is 291 g/mol. The van der Waals surface area contributed by atoms with Crippen LogP contribution >= 0.6 is 0 Å². The first-order chi connectivity index (χ1) is 10.7. The zero-order chi connectivity index (χ0) is 15.5. The number of carboxylic acid groups (broad SMARTS) is 1. The number of aromatic nitrogens is 1. The van der Waals surface area contributed by atoms with Gasteiger partial charge in [0.05, 0.1) is 11.2 Å². The van der Waals surface area contributed by atoms with E-state index >= 15 is 0 Å². The van der Waals surface area contributed by atoms with Gasteiger partial charge in [-0.2, -0.15) is 0 Å². The minimum absolute atomic E-state index is 0.250. The van der Waals surface area contributed by atoms with Crippen LogP contribution in [-0.2, 0) is 4.79 Å². The molecule has 0 saturated heterocycles. The Morgan fingerprint density at radius 3 is 2.27 bits per heavy atom. The molecular weight excluding hydrogens is 278 g/mol. The lowest BCUT2D eigenvalue weighted by Crippen LogP contribution is -2.22. The molecule has 2 aromatic carbocycles. The van der Waals surface area contributed by atoms with E-state index in [4.69, 9.17) is 0 Å². The molecule has 1 atom stereocenters. The van der Waals surface area contributed by atoms with Crippen molar-refractivity contribution < 1.29 is 14.7 Å². The molecule has 1 unspecified atom stereocenters. The third-order valence-corrected chi connectivity index (χ3v) is 3.48. The van der Waals surface area contributed by atoms with E-state index in [1.54, 1.807) is 48.5 Å². The van der Waals surface area contributed by atoms with Crippen molar-refractivity contribution in [1.29, 1.82) is 0 Å². The van der Waals surface area contributed by atoms with Gasteiger partial charge in [0.15, 0.2) is 11.7 Å². The maximum Gasteiger partial charge on any atom is 0.320 e. The Morgan fingerprint density at radius 1 is 0.864 bits per heavy atom. The van der Waals surface area contributed by atoms with E-state index < -0.39 is 17.7 Å². The van der Waals surface area contributed by atoms with E-state index in [1.807, 2.05) is 18.2 Å². The van der Waals surface area contributed by atoms with E-state index in [1.165, 1.54) is 0 Å². The summed E-state index contributed by atoms with van der Waals surface area (Å²) in [5.41, 5.74) is 1.29. The average Bonchev–Trinajstić information content (AvgIpc) is 2.55. The number of carbonyl (C=O) groups is 2. The predicted octanol–water partition coefficient (Wildman–Crippen LogP) is 3.29. The Balaban J connectivity index is 2.06. The summed E-state index contributed by atoms with van der Waals surface area (Å²) >= 11 is 0. The van der Waals surface area contributed by atoms with Crippen molar-refractivity contribution in [3.05, 3.63) is 78.0 Å². The maximum absolute atomic E-state index is 12.5. The standard InChI is InChI=1S/C18H13NO3/c20-17(13-7-2-1-3-8-13)16(18(21)22)15-11-10-12-6-4-5-9-14(12)19-15/h1-11,16H,(H,21,22). The van der Waals surface area contributed by atoms with Gasteiger partial charge >= 0.3 is 5.97 Å². The summed E-state index contributed by atoms with van der Waals surface area (Å²) in [6, 6.07) is 19.2. The summed E-state index contributed by atoms with van der Waals surface area (Å²) < 4.78 is 0. The molecule has 0 aliphatic rings. The van der Waals surface area contributed by atoms with Crippen molar-refractivity contribution in [2.75, 3.05) is 0 Å². The summed E-state index contributed by atoms with van der Waals surface area (Å²) in [6.45, 7) is 0.